The van der Waals surface area contributed by atoms with Crippen LogP contribution in [0.15, 0.2) is 241 Å². The first kappa shape index (κ1) is 38.3. The Hall–Kier alpha value is -8.99. The summed E-state index contributed by atoms with van der Waals surface area (Å²) in [6.45, 7) is 0. The molecule has 4 nitrogen and oxygen atoms in total. The van der Waals surface area contributed by atoms with Gasteiger partial charge in [-0.05, 0) is 108 Å². The third-order valence-corrected chi connectivity index (χ3v) is 14.2. The van der Waals surface area contributed by atoms with Crippen molar-refractivity contribution in [3.63, 3.8) is 0 Å². The van der Waals surface area contributed by atoms with Crippen LogP contribution in [0.5, 0.6) is 0 Å². The van der Waals surface area contributed by atoms with Gasteiger partial charge in [0.2, 0.25) is 0 Å². The van der Waals surface area contributed by atoms with Crippen LogP contribution in [0.1, 0.15) is 22.3 Å². The Morgan fingerprint density at radius 2 is 0.691 bits per heavy atom. The zero-order valence-corrected chi connectivity index (χ0v) is 36.8. The number of furan rings is 1. The van der Waals surface area contributed by atoms with Gasteiger partial charge in [-0.3, -0.25) is 0 Å². The predicted molar refractivity (Wildman–Crippen MR) is 276 cm³/mol. The average Bonchev–Trinajstić information content (AvgIpc) is 4.05. The summed E-state index contributed by atoms with van der Waals surface area (Å²) in [6, 6.07) is 84.7. The molecule has 0 amide bonds. The summed E-state index contributed by atoms with van der Waals surface area (Å²) in [5, 5.41) is 1.98. The number of fused-ring (bicyclic) bond motifs is 13. The minimum Gasteiger partial charge on any atom is -0.456 e. The number of rotatable bonds is 6. The molecular weight excluding hydrogens is 827 g/mol. The molecule has 0 N–H and O–H groups in total. The van der Waals surface area contributed by atoms with Crippen LogP contribution >= 0.6 is 0 Å². The zero-order valence-electron chi connectivity index (χ0n) is 36.8. The molecule has 68 heavy (non-hydrogen) atoms. The first-order valence-corrected chi connectivity index (χ1v) is 23.2. The van der Waals surface area contributed by atoms with Gasteiger partial charge < -0.3 is 4.42 Å². The highest BCUT2D eigenvalue weighted by Gasteiger charge is 2.51. The van der Waals surface area contributed by atoms with Crippen LogP contribution in [0.4, 0.5) is 0 Å². The molecule has 10 aromatic carbocycles. The van der Waals surface area contributed by atoms with Crippen molar-refractivity contribution in [1.29, 1.82) is 0 Å². The molecule has 0 saturated carbocycles. The van der Waals surface area contributed by atoms with Gasteiger partial charge in [0, 0.05) is 27.5 Å². The fourth-order valence-electron chi connectivity index (χ4n) is 11.1. The topological polar surface area (TPSA) is 51.8 Å². The summed E-state index contributed by atoms with van der Waals surface area (Å²) in [7, 11) is 0. The molecule has 12 aromatic rings. The van der Waals surface area contributed by atoms with Gasteiger partial charge in [0.05, 0.1) is 5.41 Å². The molecular formula is C64H39N3O. The number of hydrogen-bond donors (Lipinski definition) is 0. The van der Waals surface area contributed by atoms with E-state index in [0.717, 1.165) is 60.9 Å². The molecule has 0 radical (unpaired) electrons. The highest BCUT2D eigenvalue weighted by Crippen LogP contribution is 2.63. The van der Waals surface area contributed by atoms with Gasteiger partial charge in [-0.15, -0.1) is 0 Å². The van der Waals surface area contributed by atoms with E-state index in [1.165, 1.54) is 55.6 Å². The van der Waals surface area contributed by atoms with Crippen molar-refractivity contribution < 1.29 is 4.42 Å². The van der Waals surface area contributed by atoms with E-state index in [1.54, 1.807) is 0 Å². The third kappa shape index (κ3) is 5.77. The summed E-state index contributed by atoms with van der Waals surface area (Å²) < 4.78 is 6.50. The first-order chi connectivity index (χ1) is 33.7. The van der Waals surface area contributed by atoms with Crippen molar-refractivity contribution in [3.05, 3.63) is 259 Å². The van der Waals surface area contributed by atoms with E-state index in [-0.39, 0.29) is 5.41 Å². The average molecular weight is 866 g/mol. The molecule has 0 fully saturated rings. The molecule has 2 aromatic heterocycles. The lowest BCUT2D eigenvalue weighted by molar-refractivity contribution is 0.669. The second-order valence-electron chi connectivity index (χ2n) is 17.8. The van der Waals surface area contributed by atoms with E-state index in [0.29, 0.717) is 17.5 Å². The zero-order chi connectivity index (χ0) is 44.8. The van der Waals surface area contributed by atoms with Crippen molar-refractivity contribution >= 4 is 21.9 Å². The highest BCUT2D eigenvalue weighted by atomic mass is 16.3. The van der Waals surface area contributed by atoms with Crippen LogP contribution in [0, 0.1) is 0 Å². The minimum atomic E-state index is -0.368. The standard InChI is InChI=1S/C64H39N3O/c1-3-15-42(16-4-1)61-65-62(43-17-5-2-6-18-43)67-63(66-61)52-24-14-28-59-60(52)53-38-46(34-36-58(53)68-59)45-20-13-19-44(37-45)40-29-31-41(32-30-40)47-33-35-51-50-23-9-12-27-56(50)64(57(51)39-47)54-25-10-7-21-48(54)49-22-8-11-26-55(49)64/h1-39H. The summed E-state index contributed by atoms with van der Waals surface area (Å²) >= 11 is 0. The molecule has 2 aliphatic carbocycles. The summed E-state index contributed by atoms with van der Waals surface area (Å²) in [5.74, 6) is 1.84. The van der Waals surface area contributed by atoms with Crippen LogP contribution in [0.25, 0.3) is 112 Å². The monoisotopic (exact) mass is 865 g/mol. The van der Waals surface area contributed by atoms with Crippen LogP contribution in [-0.4, -0.2) is 15.0 Å². The van der Waals surface area contributed by atoms with Gasteiger partial charge in [0.25, 0.3) is 0 Å². The Morgan fingerprint density at radius 1 is 0.265 bits per heavy atom. The SMILES string of the molecule is c1ccc(-c2nc(-c3ccccc3)nc(-c3cccc4oc5ccc(-c6cccc(-c7ccc(-c8ccc9c(c8)C8(c%10ccccc%10-c%10ccccc%108)c8ccccc8-9)cc7)c6)cc5c34)n2)cc1. The van der Waals surface area contributed by atoms with Crippen LogP contribution in [-0.2, 0) is 5.41 Å². The summed E-state index contributed by atoms with van der Waals surface area (Å²) in [6.07, 6.45) is 0. The summed E-state index contributed by atoms with van der Waals surface area (Å²) in [5.41, 5.74) is 21.6. The number of benzene rings is 10. The quantitative estimate of drug-likeness (QED) is 0.167. The largest absolute Gasteiger partial charge is 0.456 e. The highest BCUT2D eigenvalue weighted by molar-refractivity contribution is 6.13. The van der Waals surface area contributed by atoms with Crippen molar-refractivity contribution in [2.45, 2.75) is 5.41 Å². The van der Waals surface area contributed by atoms with E-state index >= 15 is 0 Å². The molecule has 0 atom stereocenters. The van der Waals surface area contributed by atoms with Crippen molar-refractivity contribution in [2.75, 3.05) is 0 Å². The molecule has 316 valence electrons. The molecule has 2 heterocycles. The van der Waals surface area contributed by atoms with Crippen molar-refractivity contribution in [3.8, 4) is 89.8 Å². The van der Waals surface area contributed by atoms with E-state index in [1.807, 2.05) is 72.8 Å². The maximum Gasteiger partial charge on any atom is 0.164 e. The van der Waals surface area contributed by atoms with Gasteiger partial charge >= 0.3 is 0 Å². The van der Waals surface area contributed by atoms with E-state index in [4.69, 9.17) is 19.4 Å². The maximum absolute atomic E-state index is 6.50. The maximum atomic E-state index is 6.50. The second-order valence-corrected chi connectivity index (χ2v) is 17.8. The lowest BCUT2D eigenvalue weighted by Gasteiger charge is -2.30. The van der Waals surface area contributed by atoms with Crippen molar-refractivity contribution in [2.24, 2.45) is 0 Å². The molecule has 0 saturated heterocycles. The van der Waals surface area contributed by atoms with Crippen LogP contribution in [0.3, 0.4) is 0 Å². The Kier molecular flexibility index (Phi) is 8.46. The fourth-order valence-corrected chi connectivity index (χ4v) is 11.1. The molecule has 1 spiro atoms. The number of nitrogens with zero attached hydrogens (tertiary/aromatic N) is 3. The lowest BCUT2D eigenvalue weighted by Crippen LogP contribution is -2.25. The predicted octanol–water partition coefficient (Wildman–Crippen LogP) is 16.1. The van der Waals surface area contributed by atoms with E-state index < -0.39 is 0 Å². The number of aromatic nitrogens is 3. The van der Waals surface area contributed by atoms with Crippen molar-refractivity contribution in [1.82, 2.24) is 15.0 Å². The molecule has 0 unspecified atom stereocenters. The molecule has 0 bridgehead atoms. The van der Waals surface area contributed by atoms with Gasteiger partial charge in [0.1, 0.15) is 11.2 Å². The van der Waals surface area contributed by atoms with Gasteiger partial charge in [-0.25, -0.2) is 15.0 Å². The van der Waals surface area contributed by atoms with E-state index in [9.17, 15) is 0 Å². The molecule has 2 aliphatic rings. The molecule has 0 aliphatic heterocycles. The Balaban J connectivity index is 0.827. The van der Waals surface area contributed by atoms with Gasteiger partial charge in [0.15, 0.2) is 17.5 Å². The van der Waals surface area contributed by atoms with Gasteiger partial charge in [-0.1, -0.05) is 206 Å². The fraction of sp³-hybridized carbons (Fsp3) is 0.0156. The normalized spacial score (nSPS) is 12.8. The van der Waals surface area contributed by atoms with Crippen LogP contribution in [0.2, 0.25) is 0 Å². The second kappa shape index (κ2) is 15.0. The van der Waals surface area contributed by atoms with Crippen LogP contribution < -0.4 is 0 Å². The minimum absolute atomic E-state index is 0.368. The Morgan fingerprint density at radius 3 is 1.29 bits per heavy atom. The smallest absolute Gasteiger partial charge is 0.164 e. The number of hydrogen-bond acceptors (Lipinski definition) is 4. The lowest BCUT2D eigenvalue weighted by atomic mass is 9.70. The third-order valence-electron chi connectivity index (χ3n) is 14.2. The summed E-state index contributed by atoms with van der Waals surface area (Å²) in [4.78, 5) is 15.1. The van der Waals surface area contributed by atoms with Gasteiger partial charge in [-0.2, -0.15) is 0 Å². The molecule has 14 rings (SSSR count). The first-order valence-electron chi connectivity index (χ1n) is 23.2. The molecule has 4 heteroatoms. The Bertz CT molecular complexity index is 3840. The Labute approximate surface area is 393 Å². The van der Waals surface area contributed by atoms with E-state index in [2.05, 4.69) is 164 Å².